The second-order valence-electron chi connectivity index (χ2n) is 4.56. The second-order valence-corrected chi connectivity index (χ2v) is 5.83. The molecule has 1 N–H and O–H groups in total. The molecular formula is C14H24N2OS. The molecule has 0 saturated carbocycles. The topological polar surface area (TPSA) is 34.1 Å². The van der Waals surface area contributed by atoms with Gasteiger partial charge in [-0.2, -0.15) is 11.8 Å². The van der Waals surface area contributed by atoms with Crippen LogP contribution < -0.4 is 10.1 Å². The third-order valence-electron chi connectivity index (χ3n) is 3.17. The molecule has 1 rings (SSSR count). The van der Waals surface area contributed by atoms with Crippen LogP contribution in [0.3, 0.4) is 0 Å². The third-order valence-corrected chi connectivity index (χ3v) is 4.21. The second kappa shape index (κ2) is 7.64. The van der Waals surface area contributed by atoms with E-state index >= 15 is 0 Å². The van der Waals surface area contributed by atoms with Crippen LogP contribution in [-0.2, 0) is 6.54 Å². The average Bonchev–Trinajstić information content (AvgIpc) is 2.37. The van der Waals surface area contributed by atoms with Crippen molar-refractivity contribution >= 4 is 11.8 Å². The maximum atomic E-state index is 5.41. The largest absolute Gasteiger partial charge is 0.496 e. The number of aromatic nitrogens is 1. The Morgan fingerprint density at radius 1 is 1.44 bits per heavy atom. The summed E-state index contributed by atoms with van der Waals surface area (Å²) < 4.78 is 5.41. The number of rotatable bonds is 7. The number of thioether (sulfide) groups is 1. The van der Waals surface area contributed by atoms with Crippen molar-refractivity contribution in [2.24, 2.45) is 0 Å². The first-order valence-corrected chi connectivity index (χ1v) is 7.61. The van der Waals surface area contributed by atoms with Crippen LogP contribution in [0, 0.1) is 13.8 Å². The van der Waals surface area contributed by atoms with Gasteiger partial charge in [0.15, 0.2) is 0 Å². The molecule has 0 saturated heterocycles. The fourth-order valence-corrected chi connectivity index (χ4v) is 2.23. The van der Waals surface area contributed by atoms with Crippen molar-refractivity contribution in [1.29, 1.82) is 0 Å². The summed E-state index contributed by atoms with van der Waals surface area (Å²) in [5, 5.41) is 4.15. The lowest BCUT2D eigenvalue weighted by Crippen LogP contribution is -2.19. The molecule has 1 heterocycles. The van der Waals surface area contributed by atoms with Crippen molar-refractivity contribution in [3.8, 4) is 5.75 Å². The Hall–Kier alpha value is -0.740. The summed E-state index contributed by atoms with van der Waals surface area (Å²) in [7, 11) is 1.71. The summed E-state index contributed by atoms with van der Waals surface area (Å²) >= 11 is 1.91. The molecule has 1 atom stereocenters. The summed E-state index contributed by atoms with van der Waals surface area (Å²) in [5.41, 5.74) is 3.31. The molecule has 0 aliphatic heterocycles. The molecule has 102 valence electrons. The number of ether oxygens (including phenoxy) is 1. The smallest absolute Gasteiger partial charge is 0.128 e. The predicted octanol–water partition coefficient (Wildman–Crippen LogP) is 2.94. The van der Waals surface area contributed by atoms with Gasteiger partial charge in [0.25, 0.3) is 0 Å². The van der Waals surface area contributed by atoms with Gasteiger partial charge in [0.05, 0.1) is 12.8 Å². The summed E-state index contributed by atoms with van der Waals surface area (Å²) in [6.07, 6.45) is 5.22. The SMILES string of the molecule is COc1c(C)cnc(CNCCC(C)SC)c1C. The van der Waals surface area contributed by atoms with Crippen molar-refractivity contribution in [2.45, 2.75) is 39.0 Å². The fourth-order valence-electron chi connectivity index (χ4n) is 1.88. The molecule has 4 heteroatoms. The van der Waals surface area contributed by atoms with E-state index in [4.69, 9.17) is 4.74 Å². The van der Waals surface area contributed by atoms with Gasteiger partial charge in [0, 0.05) is 29.1 Å². The van der Waals surface area contributed by atoms with Crippen molar-refractivity contribution in [2.75, 3.05) is 19.9 Å². The van der Waals surface area contributed by atoms with Gasteiger partial charge in [0.1, 0.15) is 5.75 Å². The van der Waals surface area contributed by atoms with Crippen LogP contribution in [0.5, 0.6) is 5.75 Å². The number of methoxy groups -OCH3 is 1. The molecular weight excluding hydrogens is 244 g/mol. The minimum Gasteiger partial charge on any atom is -0.496 e. The first kappa shape index (κ1) is 15.3. The van der Waals surface area contributed by atoms with Crippen LogP contribution in [0.25, 0.3) is 0 Å². The molecule has 18 heavy (non-hydrogen) atoms. The first-order chi connectivity index (χ1) is 8.60. The van der Waals surface area contributed by atoms with E-state index in [1.54, 1.807) is 7.11 Å². The van der Waals surface area contributed by atoms with Crippen molar-refractivity contribution in [3.05, 3.63) is 23.0 Å². The van der Waals surface area contributed by atoms with E-state index < -0.39 is 0 Å². The number of hydrogen-bond donors (Lipinski definition) is 1. The average molecular weight is 268 g/mol. The number of hydrogen-bond acceptors (Lipinski definition) is 4. The lowest BCUT2D eigenvalue weighted by molar-refractivity contribution is 0.406. The summed E-state index contributed by atoms with van der Waals surface area (Å²) in [4.78, 5) is 4.48. The molecule has 0 aliphatic carbocycles. The summed E-state index contributed by atoms with van der Waals surface area (Å²) in [6.45, 7) is 8.18. The summed E-state index contributed by atoms with van der Waals surface area (Å²) in [5.74, 6) is 0.958. The number of nitrogens with one attached hydrogen (secondary N) is 1. The Morgan fingerprint density at radius 2 is 2.17 bits per heavy atom. The van der Waals surface area contributed by atoms with Crippen LogP contribution in [0.4, 0.5) is 0 Å². The van der Waals surface area contributed by atoms with E-state index in [1.807, 2.05) is 24.9 Å². The van der Waals surface area contributed by atoms with Gasteiger partial charge in [-0.25, -0.2) is 0 Å². The zero-order valence-electron chi connectivity index (χ0n) is 12.0. The van der Waals surface area contributed by atoms with Gasteiger partial charge in [-0.05, 0) is 33.1 Å². The minimum atomic E-state index is 0.708. The van der Waals surface area contributed by atoms with Crippen LogP contribution >= 0.6 is 11.8 Å². The highest BCUT2D eigenvalue weighted by atomic mass is 32.2. The standard InChI is InChI=1S/C14H24N2OS/c1-10-8-16-13(12(3)14(10)17-4)9-15-7-6-11(2)18-5/h8,11,15H,6-7,9H2,1-5H3. The Morgan fingerprint density at radius 3 is 2.78 bits per heavy atom. The van der Waals surface area contributed by atoms with Crippen molar-refractivity contribution in [1.82, 2.24) is 10.3 Å². The lowest BCUT2D eigenvalue weighted by Gasteiger charge is -2.13. The molecule has 0 radical (unpaired) electrons. The van der Waals surface area contributed by atoms with E-state index in [9.17, 15) is 0 Å². The van der Waals surface area contributed by atoms with Gasteiger partial charge in [-0.3, -0.25) is 4.98 Å². The molecule has 0 spiro atoms. The Kier molecular flexibility index (Phi) is 6.50. The number of pyridine rings is 1. The Bertz CT molecular complexity index is 382. The highest BCUT2D eigenvalue weighted by Crippen LogP contribution is 2.23. The van der Waals surface area contributed by atoms with E-state index in [0.717, 1.165) is 35.7 Å². The van der Waals surface area contributed by atoms with E-state index in [-0.39, 0.29) is 0 Å². The van der Waals surface area contributed by atoms with Crippen molar-refractivity contribution in [3.63, 3.8) is 0 Å². The van der Waals surface area contributed by atoms with E-state index in [1.165, 1.54) is 6.42 Å². The molecule has 3 nitrogen and oxygen atoms in total. The number of nitrogens with zero attached hydrogens (tertiary/aromatic N) is 1. The molecule has 1 aromatic heterocycles. The molecule has 0 aliphatic rings. The normalized spacial score (nSPS) is 12.5. The molecule has 1 aromatic rings. The molecule has 0 fully saturated rings. The van der Waals surface area contributed by atoms with Gasteiger partial charge < -0.3 is 10.1 Å². The van der Waals surface area contributed by atoms with Crippen LogP contribution in [0.2, 0.25) is 0 Å². The zero-order valence-corrected chi connectivity index (χ0v) is 12.9. The van der Waals surface area contributed by atoms with E-state index in [2.05, 4.69) is 30.4 Å². The van der Waals surface area contributed by atoms with Crippen LogP contribution in [0.1, 0.15) is 30.2 Å². The highest BCUT2D eigenvalue weighted by molar-refractivity contribution is 7.99. The Balaban J connectivity index is 2.53. The van der Waals surface area contributed by atoms with Gasteiger partial charge in [-0.1, -0.05) is 6.92 Å². The highest BCUT2D eigenvalue weighted by Gasteiger charge is 2.09. The predicted molar refractivity (Wildman–Crippen MR) is 79.6 cm³/mol. The number of aryl methyl sites for hydroxylation is 1. The quantitative estimate of drug-likeness (QED) is 0.771. The van der Waals surface area contributed by atoms with Gasteiger partial charge in [-0.15, -0.1) is 0 Å². The fraction of sp³-hybridized carbons (Fsp3) is 0.643. The molecule has 0 aromatic carbocycles. The molecule has 0 bridgehead atoms. The first-order valence-electron chi connectivity index (χ1n) is 6.32. The van der Waals surface area contributed by atoms with Gasteiger partial charge >= 0.3 is 0 Å². The van der Waals surface area contributed by atoms with Crippen LogP contribution in [-0.4, -0.2) is 30.1 Å². The Labute approximate surface area is 115 Å². The maximum absolute atomic E-state index is 5.41. The third kappa shape index (κ3) is 4.18. The minimum absolute atomic E-state index is 0.708. The van der Waals surface area contributed by atoms with Gasteiger partial charge in [0.2, 0.25) is 0 Å². The monoisotopic (exact) mass is 268 g/mol. The molecule has 1 unspecified atom stereocenters. The maximum Gasteiger partial charge on any atom is 0.128 e. The zero-order chi connectivity index (χ0) is 13.5. The van der Waals surface area contributed by atoms with Crippen molar-refractivity contribution < 1.29 is 4.74 Å². The van der Waals surface area contributed by atoms with Crippen LogP contribution in [0.15, 0.2) is 6.20 Å². The van der Waals surface area contributed by atoms with E-state index in [0.29, 0.717) is 5.25 Å². The summed E-state index contributed by atoms with van der Waals surface area (Å²) in [6, 6.07) is 0. The lowest BCUT2D eigenvalue weighted by atomic mass is 10.1. The molecule has 0 amide bonds.